The summed E-state index contributed by atoms with van der Waals surface area (Å²) in [6.07, 6.45) is 2.35. The molecule has 6 heteroatoms. The van der Waals surface area contributed by atoms with Crippen molar-refractivity contribution in [3.8, 4) is 0 Å². The predicted molar refractivity (Wildman–Crippen MR) is 57.3 cm³/mol. The smallest absolute Gasteiger partial charge is 0.329 e. The van der Waals surface area contributed by atoms with E-state index in [4.69, 9.17) is 0 Å². The van der Waals surface area contributed by atoms with Crippen molar-refractivity contribution < 1.29 is 9.90 Å². The number of likely N-dealkylation sites (N-methyl/N-ethyl adjacent to an activating group) is 1. The quantitative estimate of drug-likeness (QED) is 0.842. The fourth-order valence-electron chi connectivity index (χ4n) is 1.81. The molecule has 0 aromatic carbocycles. The van der Waals surface area contributed by atoms with Gasteiger partial charge in [0, 0.05) is 18.6 Å². The van der Waals surface area contributed by atoms with Crippen LogP contribution in [0.4, 0.5) is 5.13 Å². The van der Waals surface area contributed by atoms with Crippen molar-refractivity contribution in [3.63, 3.8) is 0 Å². The van der Waals surface area contributed by atoms with Gasteiger partial charge in [-0.3, -0.25) is 0 Å². The van der Waals surface area contributed by atoms with Crippen LogP contribution in [0.2, 0.25) is 0 Å². The van der Waals surface area contributed by atoms with Gasteiger partial charge < -0.3 is 10.0 Å². The van der Waals surface area contributed by atoms with Crippen molar-refractivity contribution in [2.75, 3.05) is 11.9 Å². The van der Waals surface area contributed by atoms with E-state index in [-0.39, 0.29) is 0 Å². The van der Waals surface area contributed by atoms with Gasteiger partial charge in [0.25, 0.3) is 0 Å². The molecule has 1 heterocycles. The Labute approximate surface area is 91.9 Å². The molecule has 1 N–H and O–H groups in total. The zero-order valence-corrected chi connectivity index (χ0v) is 9.54. The molecule has 2 rings (SSSR count). The van der Waals surface area contributed by atoms with Crippen molar-refractivity contribution in [1.82, 2.24) is 9.36 Å². The zero-order valence-electron chi connectivity index (χ0n) is 8.73. The topological polar surface area (TPSA) is 66.3 Å². The molecule has 82 valence electrons. The lowest BCUT2D eigenvalue weighted by Gasteiger charge is -2.44. The normalized spacial score (nSPS) is 18.3. The highest BCUT2D eigenvalue weighted by Crippen LogP contribution is 2.40. The molecule has 1 aliphatic rings. The van der Waals surface area contributed by atoms with Crippen molar-refractivity contribution in [3.05, 3.63) is 5.82 Å². The number of aryl methyl sites for hydroxylation is 1. The second-order valence-corrected chi connectivity index (χ2v) is 4.60. The average Bonchev–Trinajstić information content (AvgIpc) is 2.48. The third-order valence-electron chi connectivity index (χ3n) is 3.02. The average molecular weight is 227 g/mol. The lowest BCUT2D eigenvalue weighted by molar-refractivity contribution is -0.146. The van der Waals surface area contributed by atoms with E-state index in [2.05, 4.69) is 9.36 Å². The van der Waals surface area contributed by atoms with Gasteiger partial charge in [0.1, 0.15) is 11.4 Å². The summed E-state index contributed by atoms with van der Waals surface area (Å²) in [5.74, 6) is -0.0641. The van der Waals surface area contributed by atoms with E-state index in [1.807, 2.05) is 6.92 Å². The Morgan fingerprint density at radius 1 is 1.60 bits per heavy atom. The van der Waals surface area contributed by atoms with Gasteiger partial charge in [-0.25, -0.2) is 9.78 Å². The van der Waals surface area contributed by atoms with E-state index in [0.717, 1.165) is 6.42 Å². The second kappa shape index (κ2) is 3.44. The number of hydrogen-bond donors (Lipinski definition) is 1. The van der Waals surface area contributed by atoms with E-state index in [1.54, 1.807) is 11.9 Å². The highest BCUT2D eigenvalue weighted by atomic mass is 32.1. The van der Waals surface area contributed by atoms with E-state index in [9.17, 15) is 9.90 Å². The number of aromatic nitrogens is 2. The van der Waals surface area contributed by atoms with Crippen molar-refractivity contribution in [1.29, 1.82) is 0 Å². The molecule has 15 heavy (non-hydrogen) atoms. The maximum Gasteiger partial charge on any atom is 0.329 e. The standard InChI is InChI=1S/C9H13N3O2S/c1-6-10-8(15-11-6)12(2)9(7(13)14)4-3-5-9/h3-5H2,1-2H3,(H,13,14). The number of nitrogens with zero attached hydrogens (tertiary/aromatic N) is 3. The molecule has 0 atom stereocenters. The van der Waals surface area contributed by atoms with Gasteiger partial charge in [0.15, 0.2) is 0 Å². The van der Waals surface area contributed by atoms with Gasteiger partial charge in [-0.15, -0.1) is 0 Å². The minimum absolute atomic E-state index is 0.689. The van der Waals surface area contributed by atoms with Crippen molar-refractivity contribution in [2.45, 2.75) is 31.7 Å². The molecule has 1 aliphatic carbocycles. The van der Waals surface area contributed by atoms with Gasteiger partial charge in [-0.2, -0.15) is 4.37 Å². The highest BCUT2D eigenvalue weighted by molar-refractivity contribution is 7.09. The van der Waals surface area contributed by atoms with Gasteiger partial charge in [-0.05, 0) is 26.2 Å². The van der Waals surface area contributed by atoms with E-state index in [1.165, 1.54) is 11.5 Å². The van der Waals surface area contributed by atoms with Crippen LogP contribution in [0.5, 0.6) is 0 Å². The maximum absolute atomic E-state index is 11.2. The van der Waals surface area contributed by atoms with Gasteiger partial charge in [0.2, 0.25) is 5.13 Å². The number of carbonyl (C=O) groups is 1. The van der Waals surface area contributed by atoms with Crippen LogP contribution in [0.25, 0.3) is 0 Å². The molecule has 1 saturated carbocycles. The van der Waals surface area contributed by atoms with Crippen molar-refractivity contribution >= 4 is 22.6 Å². The number of aliphatic carboxylic acids is 1. The van der Waals surface area contributed by atoms with Crippen LogP contribution in [-0.4, -0.2) is 33.0 Å². The summed E-state index contributed by atoms with van der Waals surface area (Å²) < 4.78 is 4.06. The molecule has 0 unspecified atom stereocenters. The zero-order chi connectivity index (χ0) is 11.1. The lowest BCUT2D eigenvalue weighted by Crippen LogP contribution is -2.58. The lowest BCUT2D eigenvalue weighted by atomic mass is 9.76. The summed E-state index contributed by atoms with van der Waals surface area (Å²) in [5, 5.41) is 9.93. The molecule has 5 nitrogen and oxygen atoms in total. The molecule has 1 aromatic heterocycles. The van der Waals surface area contributed by atoms with Gasteiger partial charge >= 0.3 is 5.97 Å². The molecule has 0 saturated heterocycles. The molecule has 0 aliphatic heterocycles. The summed E-state index contributed by atoms with van der Waals surface area (Å²) in [7, 11) is 1.78. The summed E-state index contributed by atoms with van der Waals surface area (Å²) in [6.45, 7) is 1.81. The Kier molecular flexibility index (Phi) is 2.38. The fraction of sp³-hybridized carbons (Fsp3) is 0.667. The van der Waals surface area contributed by atoms with Crippen LogP contribution < -0.4 is 4.90 Å². The van der Waals surface area contributed by atoms with E-state index in [0.29, 0.717) is 23.8 Å². The summed E-state index contributed by atoms with van der Waals surface area (Å²) >= 11 is 1.25. The van der Waals surface area contributed by atoms with Crippen LogP contribution in [0, 0.1) is 6.92 Å². The maximum atomic E-state index is 11.2. The summed E-state index contributed by atoms with van der Waals surface area (Å²) in [6, 6.07) is 0. The predicted octanol–water partition coefficient (Wildman–Crippen LogP) is 1.29. The SMILES string of the molecule is Cc1nsc(N(C)C2(C(=O)O)CCC2)n1. The molecule has 1 fully saturated rings. The minimum atomic E-state index is -0.760. The first-order valence-electron chi connectivity index (χ1n) is 4.84. The Morgan fingerprint density at radius 2 is 2.27 bits per heavy atom. The Hall–Kier alpha value is -1.17. The van der Waals surface area contributed by atoms with Crippen LogP contribution in [-0.2, 0) is 4.79 Å². The molecule has 0 radical (unpaired) electrons. The Bertz CT molecular complexity index is 386. The Morgan fingerprint density at radius 3 is 2.60 bits per heavy atom. The van der Waals surface area contributed by atoms with Crippen LogP contribution in [0.1, 0.15) is 25.1 Å². The van der Waals surface area contributed by atoms with Crippen molar-refractivity contribution in [2.24, 2.45) is 0 Å². The molecule has 1 aromatic rings. The first-order chi connectivity index (χ1) is 7.06. The number of hydrogen-bond acceptors (Lipinski definition) is 5. The summed E-state index contributed by atoms with van der Waals surface area (Å²) in [4.78, 5) is 17.2. The largest absolute Gasteiger partial charge is 0.479 e. The first kappa shape index (κ1) is 10.4. The molecule has 0 spiro atoms. The van der Waals surface area contributed by atoms with Crippen LogP contribution >= 0.6 is 11.5 Å². The third kappa shape index (κ3) is 1.49. The highest BCUT2D eigenvalue weighted by Gasteiger charge is 2.49. The number of rotatable bonds is 3. The minimum Gasteiger partial charge on any atom is -0.479 e. The van der Waals surface area contributed by atoms with Gasteiger partial charge in [-0.1, -0.05) is 0 Å². The number of carboxylic acid groups (broad SMARTS) is 1. The Balaban J connectivity index is 2.26. The second-order valence-electron chi connectivity index (χ2n) is 3.87. The number of anilines is 1. The van der Waals surface area contributed by atoms with Gasteiger partial charge in [0.05, 0.1) is 0 Å². The van der Waals surface area contributed by atoms with E-state index < -0.39 is 11.5 Å². The monoisotopic (exact) mass is 227 g/mol. The molecular formula is C9H13N3O2S. The van der Waals surface area contributed by atoms with Crippen LogP contribution in [0.15, 0.2) is 0 Å². The van der Waals surface area contributed by atoms with E-state index >= 15 is 0 Å². The fourth-order valence-corrected chi connectivity index (χ4v) is 2.53. The summed E-state index contributed by atoms with van der Waals surface area (Å²) in [5.41, 5.74) is -0.744. The molecular weight excluding hydrogens is 214 g/mol. The molecule has 0 bridgehead atoms. The first-order valence-corrected chi connectivity index (χ1v) is 5.61. The molecule has 0 amide bonds. The third-order valence-corrected chi connectivity index (χ3v) is 3.91. The number of carboxylic acids is 1. The van der Waals surface area contributed by atoms with Crippen LogP contribution in [0.3, 0.4) is 0 Å².